The molecular formula is C11H19N3O. The van der Waals surface area contributed by atoms with Crippen LogP contribution in [0.2, 0.25) is 0 Å². The average molecular weight is 209 g/mol. The first-order valence-electron chi connectivity index (χ1n) is 5.36. The highest BCUT2D eigenvalue weighted by Gasteiger charge is 2.02. The Kier molecular flexibility index (Phi) is 4.87. The monoisotopic (exact) mass is 209 g/mol. The second kappa shape index (κ2) is 6.22. The van der Waals surface area contributed by atoms with Gasteiger partial charge >= 0.3 is 0 Å². The molecule has 84 valence electrons. The second-order valence-electron chi connectivity index (χ2n) is 3.90. The molecular weight excluding hydrogens is 190 g/mol. The molecule has 0 spiro atoms. The Balaban J connectivity index is 2.00. The number of unbranched alkanes of at least 4 members (excludes halogenated alkanes) is 2. The van der Waals surface area contributed by atoms with Gasteiger partial charge in [-0.25, -0.2) is 4.98 Å². The van der Waals surface area contributed by atoms with Crippen molar-refractivity contribution in [3.8, 4) is 0 Å². The summed E-state index contributed by atoms with van der Waals surface area (Å²) in [5.41, 5.74) is 0. The normalized spacial score (nSPS) is 10.3. The van der Waals surface area contributed by atoms with Crippen LogP contribution in [0.4, 0.5) is 0 Å². The number of aryl methyl sites for hydroxylation is 1. The molecule has 0 saturated heterocycles. The van der Waals surface area contributed by atoms with E-state index in [0.717, 1.165) is 25.8 Å². The highest BCUT2D eigenvalue weighted by Crippen LogP contribution is 2.03. The third-order valence-electron chi connectivity index (χ3n) is 2.36. The number of carbonyl (C=O) groups excluding carboxylic acids is 1. The molecule has 15 heavy (non-hydrogen) atoms. The van der Waals surface area contributed by atoms with Gasteiger partial charge in [-0.2, -0.15) is 0 Å². The van der Waals surface area contributed by atoms with E-state index in [2.05, 4.69) is 9.55 Å². The van der Waals surface area contributed by atoms with Gasteiger partial charge < -0.3 is 9.47 Å². The van der Waals surface area contributed by atoms with Crippen molar-refractivity contribution in [3.63, 3.8) is 0 Å². The lowest BCUT2D eigenvalue weighted by molar-refractivity contribution is -0.128. The van der Waals surface area contributed by atoms with Crippen molar-refractivity contribution >= 4 is 5.91 Å². The van der Waals surface area contributed by atoms with Gasteiger partial charge in [0.1, 0.15) is 0 Å². The number of amides is 1. The first-order chi connectivity index (χ1) is 7.20. The van der Waals surface area contributed by atoms with Gasteiger partial charge in [0.2, 0.25) is 5.91 Å². The first-order valence-corrected chi connectivity index (χ1v) is 5.36. The predicted octanol–water partition coefficient (Wildman–Crippen LogP) is 1.53. The molecule has 0 unspecified atom stereocenters. The summed E-state index contributed by atoms with van der Waals surface area (Å²) in [6.07, 6.45) is 9.42. The van der Waals surface area contributed by atoms with E-state index in [4.69, 9.17) is 0 Å². The van der Waals surface area contributed by atoms with Gasteiger partial charge in [-0.1, -0.05) is 6.42 Å². The lowest BCUT2D eigenvalue weighted by Crippen LogP contribution is -2.21. The van der Waals surface area contributed by atoms with Crippen LogP contribution in [0.15, 0.2) is 18.7 Å². The molecule has 1 rings (SSSR count). The molecule has 1 aromatic rings. The summed E-state index contributed by atoms with van der Waals surface area (Å²) in [7, 11) is 3.60. The molecule has 1 heterocycles. The molecule has 0 fully saturated rings. The fourth-order valence-corrected chi connectivity index (χ4v) is 1.39. The number of rotatable bonds is 6. The van der Waals surface area contributed by atoms with Gasteiger partial charge in [0, 0.05) is 39.5 Å². The maximum atomic E-state index is 11.2. The van der Waals surface area contributed by atoms with Crippen molar-refractivity contribution < 1.29 is 4.79 Å². The van der Waals surface area contributed by atoms with Crippen LogP contribution >= 0.6 is 0 Å². The van der Waals surface area contributed by atoms with Crippen LogP contribution in [0.25, 0.3) is 0 Å². The zero-order valence-corrected chi connectivity index (χ0v) is 9.52. The van der Waals surface area contributed by atoms with E-state index in [1.165, 1.54) is 0 Å². The van der Waals surface area contributed by atoms with Crippen molar-refractivity contribution in [2.75, 3.05) is 14.1 Å². The summed E-state index contributed by atoms with van der Waals surface area (Å²) in [6.45, 7) is 0.996. The van der Waals surface area contributed by atoms with Crippen molar-refractivity contribution in [2.24, 2.45) is 0 Å². The summed E-state index contributed by atoms with van der Waals surface area (Å²) in [4.78, 5) is 16.9. The second-order valence-corrected chi connectivity index (χ2v) is 3.90. The third-order valence-corrected chi connectivity index (χ3v) is 2.36. The fourth-order valence-electron chi connectivity index (χ4n) is 1.39. The Bertz CT molecular complexity index is 280. The smallest absolute Gasteiger partial charge is 0.222 e. The van der Waals surface area contributed by atoms with E-state index in [1.54, 1.807) is 25.2 Å². The third kappa shape index (κ3) is 4.63. The highest BCUT2D eigenvalue weighted by atomic mass is 16.2. The maximum Gasteiger partial charge on any atom is 0.222 e. The zero-order valence-electron chi connectivity index (χ0n) is 9.52. The minimum absolute atomic E-state index is 0.220. The van der Waals surface area contributed by atoms with Crippen molar-refractivity contribution in [3.05, 3.63) is 18.7 Å². The van der Waals surface area contributed by atoms with Gasteiger partial charge in [-0.15, -0.1) is 0 Å². The van der Waals surface area contributed by atoms with Crippen molar-refractivity contribution in [1.82, 2.24) is 14.5 Å². The number of imidazole rings is 1. The van der Waals surface area contributed by atoms with Crippen molar-refractivity contribution in [1.29, 1.82) is 0 Å². The molecule has 1 aromatic heterocycles. The minimum atomic E-state index is 0.220. The number of aromatic nitrogens is 2. The molecule has 0 aliphatic heterocycles. The summed E-state index contributed by atoms with van der Waals surface area (Å²) in [6, 6.07) is 0. The first kappa shape index (κ1) is 11.8. The van der Waals surface area contributed by atoms with E-state index < -0.39 is 0 Å². The molecule has 4 nitrogen and oxygen atoms in total. The van der Waals surface area contributed by atoms with Crippen LogP contribution in [-0.2, 0) is 11.3 Å². The Morgan fingerprint density at radius 3 is 2.73 bits per heavy atom. The van der Waals surface area contributed by atoms with E-state index in [9.17, 15) is 4.79 Å². The quantitative estimate of drug-likeness (QED) is 0.666. The molecule has 1 amide bonds. The van der Waals surface area contributed by atoms with E-state index in [1.807, 2.05) is 12.5 Å². The van der Waals surface area contributed by atoms with Crippen molar-refractivity contribution in [2.45, 2.75) is 32.2 Å². The molecule has 0 aromatic carbocycles. The fraction of sp³-hybridized carbons (Fsp3) is 0.636. The SMILES string of the molecule is CN(C)C(=O)CCCCCn1ccnc1. The number of hydrogen-bond acceptors (Lipinski definition) is 2. The van der Waals surface area contributed by atoms with Gasteiger partial charge in [-0.05, 0) is 12.8 Å². The Labute approximate surface area is 90.9 Å². The number of nitrogens with zero attached hydrogens (tertiary/aromatic N) is 3. The lowest BCUT2D eigenvalue weighted by atomic mass is 10.2. The Morgan fingerprint density at radius 1 is 1.33 bits per heavy atom. The van der Waals surface area contributed by atoms with Crippen LogP contribution in [-0.4, -0.2) is 34.5 Å². The van der Waals surface area contributed by atoms with Crippen LogP contribution in [0.1, 0.15) is 25.7 Å². The van der Waals surface area contributed by atoms with E-state index in [-0.39, 0.29) is 5.91 Å². The van der Waals surface area contributed by atoms with E-state index in [0.29, 0.717) is 6.42 Å². The zero-order chi connectivity index (χ0) is 11.1. The molecule has 4 heteroatoms. The molecule has 0 bridgehead atoms. The van der Waals surface area contributed by atoms with Crippen LogP contribution in [0.3, 0.4) is 0 Å². The average Bonchev–Trinajstić information content (AvgIpc) is 2.69. The minimum Gasteiger partial charge on any atom is -0.349 e. The molecule has 0 saturated carbocycles. The lowest BCUT2D eigenvalue weighted by Gasteiger charge is -2.09. The van der Waals surface area contributed by atoms with Gasteiger partial charge in [-0.3, -0.25) is 4.79 Å². The molecule has 0 N–H and O–H groups in total. The molecule has 0 atom stereocenters. The van der Waals surface area contributed by atoms with E-state index >= 15 is 0 Å². The standard InChI is InChI=1S/C11H19N3O/c1-13(2)11(15)6-4-3-5-8-14-9-7-12-10-14/h7,9-10H,3-6,8H2,1-2H3. The predicted molar refractivity (Wildman–Crippen MR) is 59.4 cm³/mol. The van der Waals surface area contributed by atoms with Crippen LogP contribution in [0.5, 0.6) is 0 Å². The molecule has 0 radical (unpaired) electrons. The topological polar surface area (TPSA) is 38.1 Å². The Morgan fingerprint density at radius 2 is 2.13 bits per heavy atom. The summed E-state index contributed by atoms with van der Waals surface area (Å²) < 4.78 is 2.06. The van der Waals surface area contributed by atoms with Crippen LogP contribution < -0.4 is 0 Å². The molecule has 0 aliphatic rings. The Hall–Kier alpha value is -1.32. The summed E-state index contributed by atoms with van der Waals surface area (Å²) >= 11 is 0. The maximum absolute atomic E-state index is 11.2. The summed E-state index contributed by atoms with van der Waals surface area (Å²) in [5, 5.41) is 0. The largest absolute Gasteiger partial charge is 0.349 e. The van der Waals surface area contributed by atoms with Crippen LogP contribution in [0, 0.1) is 0 Å². The van der Waals surface area contributed by atoms with Gasteiger partial charge in [0.15, 0.2) is 0 Å². The van der Waals surface area contributed by atoms with Gasteiger partial charge in [0.05, 0.1) is 6.33 Å². The number of hydrogen-bond donors (Lipinski definition) is 0. The molecule has 0 aliphatic carbocycles. The number of carbonyl (C=O) groups is 1. The van der Waals surface area contributed by atoms with Gasteiger partial charge in [0.25, 0.3) is 0 Å². The highest BCUT2D eigenvalue weighted by molar-refractivity contribution is 5.75. The summed E-state index contributed by atoms with van der Waals surface area (Å²) in [5.74, 6) is 0.220.